The predicted octanol–water partition coefficient (Wildman–Crippen LogP) is 7.34. The van der Waals surface area contributed by atoms with Crippen LogP contribution in [0.4, 0.5) is 9.52 Å². The van der Waals surface area contributed by atoms with Gasteiger partial charge in [-0.25, -0.2) is 4.39 Å². The van der Waals surface area contributed by atoms with Gasteiger partial charge in [-0.3, -0.25) is 14.5 Å². The maximum Gasteiger partial charge on any atom is 0.301 e. The Labute approximate surface area is 263 Å². The van der Waals surface area contributed by atoms with Crippen molar-refractivity contribution < 1.29 is 28.6 Å². The van der Waals surface area contributed by atoms with Crippen LogP contribution in [0.5, 0.6) is 11.5 Å². The molecule has 0 radical (unpaired) electrons. The zero-order chi connectivity index (χ0) is 31.4. The Bertz CT molecular complexity index is 1690. The number of halogens is 1. The molecular formula is C33H32FN3O5S2. The van der Waals surface area contributed by atoms with E-state index < -0.39 is 17.7 Å². The van der Waals surface area contributed by atoms with Crippen LogP contribution in [-0.4, -0.2) is 40.7 Å². The number of nitrogens with zero attached hydrogens (tertiary/aromatic N) is 3. The smallest absolute Gasteiger partial charge is 0.301 e. The third-order valence-corrected chi connectivity index (χ3v) is 9.23. The fraction of sp³-hybridized carbons (Fsp3) is 0.273. The Balaban J connectivity index is 1.54. The van der Waals surface area contributed by atoms with Gasteiger partial charge in [0, 0.05) is 11.3 Å². The highest BCUT2D eigenvalue weighted by Gasteiger charge is 2.48. The molecule has 2 heterocycles. The van der Waals surface area contributed by atoms with E-state index >= 15 is 0 Å². The zero-order valence-corrected chi connectivity index (χ0v) is 26.4. The van der Waals surface area contributed by atoms with E-state index in [0.29, 0.717) is 45.2 Å². The van der Waals surface area contributed by atoms with Gasteiger partial charge in [0.05, 0.1) is 25.3 Å². The van der Waals surface area contributed by atoms with Crippen molar-refractivity contribution in [2.24, 2.45) is 5.92 Å². The van der Waals surface area contributed by atoms with Gasteiger partial charge in [-0.05, 0) is 54.7 Å². The van der Waals surface area contributed by atoms with E-state index in [1.807, 2.05) is 19.1 Å². The number of carbonyl (C=O) groups is 2. The average Bonchev–Trinajstić information content (AvgIpc) is 3.58. The summed E-state index contributed by atoms with van der Waals surface area (Å²) >= 11 is 2.54. The quantitative estimate of drug-likeness (QED) is 0.0602. The first-order valence-electron chi connectivity index (χ1n) is 14.1. The summed E-state index contributed by atoms with van der Waals surface area (Å²) in [6, 6.07) is 17.4. The first kappa shape index (κ1) is 31.2. The Morgan fingerprint density at radius 2 is 1.77 bits per heavy atom. The number of Topliss-reactive ketones (excluding diaryl/α,β-unsaturated/α-hetero) is 1. The second kappa shape index (κ2) is 13.6. The van der Waals surface area contributed by atoms with Crippen LogP contribution in [0.2, 0.25) is 0 Å². The lowest BCUT2D eigenvalue weighted by Gasteiger charge is -2.23. The van der Waals surface area contributed by atoms with Gasteiger partial charge in [0.25, 0.3) is 5.78 Å². The van der Waals surface area contributed by atoms with Crippen LogP contribution in [0, 0.1) is 18.7 Å². The molecule has 1 N–H and O–H groups in total. The van der Waals surface area contributed by atoms with E-state index in [0.717, 1.165) is 28.9 Å². The molecule has 1 unspecified atom stereocenters. The summed E-state index contributed by atoms with van der Waals surface area (Å²) < 4.78 is 25.5. The van der Waals surface area contributed by atoms with Crippen LogP contribution >= 0.6 is 23.1 Å². The van der Waals surface area contributed by atoms with Crippen molar-refractivity contribution in [2.75, 3.05) is 18.6 Å². The highest BCUT2D eigenvalue weighted by molar-refractivity contribution is 8.00. The summed E-state index contributed by atoms with van der Waals surface area (Å²) in [5, 5.41) is 20.2. The van der Waals surface area contributed by atoms with Gasteiger partial charge in [0.15, 0.2) is 15.8 Å². The number of ketones is 1. The van der Waals surface area contributed by atoms with Gasteiger partial charge in [0.1, 0.15) is 11.6 Å². The molecule has 4 aromatic rings. The molecular weight excluding hydrogens is 602 g/mol. The predicted molar refractivity (Wildman–Crippen MR) is 170 cm³/mol. The monoisotopic (exact) mass is 633 g/mol. The summed E-state index contributed by atoms with van der Waals surface area (Å²) in [6.45, 7) is 6.64. The molecule has 11 heteroatoms. The lowest BCUT2D eigenvalue weighted by molar-refractivity contribution is -0.132. The van der Waals surface area contributed by atoms with E-state index in [2.05, 4.69) is 24.0 Å². The number of benzene rings is 3. The zero-order valence-electron chi connectivity index (χ0n) is 24.7. The largest absolute Gasteiger partial charge is 0.507 e. The first-order chi connectivity index (χ1) is 21.2. The van der Waals surface area contributed by atoms with E-state index in [9.17, 15) is 19.1 Å². The van der Waals surface area contributed by atoms with Crippen molar-refractivity contribution in [3.63, 3.8) is 0 Å². The number of carbonyl (C=O) groups excluding carboxylic acids is 2. The normalized spacial score (nSPS) is 16.1. The van der Waals surface area contributed by atoms with Gasteiger partial charge in [0.2, 0.25) is 5.13 Å². The minimum atomic E-state index is -1.00. The van der Waals surface area contributed by atoms with Crippen molar-refractivity contribution in [3.8, 4) is 11.5 Å². The Kier molecular flexibility index (Phi) is 9.65. The van der Waals surface area contributed by atoms with Gasteiger partial charge in [-0.1, -0.05) is 85.0 Å². The SMILES string of the molecule is COc1cc(C2/C(=C(/O)c3ccc(C)cc3)C(=O)C(=O)N2c2nnc(SCc3ccc(F)cc3)s2)ccc1OCCC(C)C. The first-order valence-corrected chi connectivity index (χ1v) is 15.9. The number of aliphatic hydroxyl groups excluding tert-OH is 1. The molecule has 1 aromatic heterocycles. The van der Waals surface area contributed by atoms with Gasteiger partial charge in [-0.15, -0.1) is 10.2 Å². The lowest BCUT2D eigenvalue weighted by Crippen LogP contribution is -2.29. The van der Waals surface area contributed by atoms with E-state index in [-0.39, 0.29) is 22.3 Å². The number of ether oxygens (including phenoxy) is 2. The molecule has 1 aliphatic heterocycles. The number of rotatable bonds is 11. The van der Waals surface area contributed by atoms with Crippen LogP contribution in [0.3, 0.4) is 0 Å². The average molecular weight is 634 g/mol. The molecule has 3 aromatic carbocycles. The van der Waals surface area contributed by atoms with E-state index in [1.54, 1.807) is 42.5 Å². The number of methoxy groups -OCH3 is 1. The topological polar surface area (TPSA) is 102 Å². The second-order valence-electron chi connectivity index (χ2n) is 10.7. The van der Waals surface area contributed by atoms with Crippen LogP contribution in [0.1, 0.15) is 48.6 Å². The van der Waals surface area contributed by atoms with Crippen molar-refractivity contribution in [3.05, 3.63) is 100 Å². The van der Waals surface area contributed by atoms with Crippen LogP contribution < -0.4 is 14.4 Å². The second-order valence-corrected chi connectivity index (χ2v) is 12.9. The molecule has 228 valence electrons. The maximum absolute atomic E-state index is 13.6. The molecule has 0 spiro atoms. The van der Waals surface area contributed by atoms with Crippen LogP contribution in [-0.2, 0) is 15.3 Å². The number of hydrogen-bond donors (Lipinski definition) is 1. The number of hydrogen-bond acceptors (Lipinski definition) is 9. The van der Waals surface area contributed by atoms with E-state index in [4.69, 9.17) is 9.47 Å². The highest BCUT2D eigenvalue weighted by Crippen LogP contribution is 2.45. The summed E-state index contributed by atoms with van der Waals surface area (Å²) in [5.41, 5.74) is 2.75. The minimum Gasteiger partial charge on any atom is -0.507 e. The molecule has 8 nitrogen and oxygen atoms in total. The fourth-order valence-electron chi connectivity index (χ4n) is 4.67. The summed E-state index contributed by atoms with van der Waals surface area (Å²) in [7, 11) is 1.52. The molecule has 0 saturated carbocycles. The van der Waals surface area contributed by atoms with Crippen LogP contribution in [0.15, 0.2) is 76.6 Å². The number of amides is 1. The van der Waals surface area contributed by atoms with Gasteiger partial charge in [-0.2, -0.15) is 0 Å². The van der Waals surface area contributed by atoms with Crippen molar-refractivity contribution >= 4 is 45.7 Å². The number of anilines is 1. The van der Waals surface area contributed by atoms with Gasteiger partial charge >= 0.3 is 5.91 Å². The number of thioether (sulfide) groups is 1. The molecule has 0 aliphatic carbocycles. The molecule has 1 atom stereocenters. The Morgan fingerprint density at radius 3 is 2.45 bits per heavy atom. The summed E-state index contributed by atoms with van der Waals surface area (Å²) in [4.78, 5) is 28.5. The van der Waals surface area contributed by atoms with Crippen molar-refractivity contribution in [1.29, 1.82) is 0 Å². The Morgan fingerprint density at radius 1 is 1.05 bits per heavy atom. The summed E-state index contributed by atoms with van der Waals surface area (Å²) in [6.07, 6.45) is 0.861. The van der Waals surface area contributed by atoms with E-state index in [1.165, 1.54) is 35.9 Å². The molecule has 44 heavy (non-hydrogen) atoms. The Hall–Kier alpha value is -4.22. The van der Waals surface area contributed by atoms with Crippen LogP contribution in [0.25, 0.3) is 5.76 Å². The van der Waals surface area contributed by atoms with Crippen molar-refractivity contribution in [2.45, 2.75) is 43.3 Å². The third-order valence-electron chi connectivity index (χ3n) is 7.10. The molecule has 5 rings (SSSR count). The molecule has 1 saturated heterocycles. The lowest BCUT2D eigenvalue weighted by atomic mass is 9.95. The molecule has 1 aliphatic rings. The fourth-order valence-corrected chi connectivity index (χ4v) is 6.50. The number of aromatic nitrogens is 2. The number of aryl methyl sites for hydroxylation is 1. The molecule has 1 amide bonds. The third kappa shape index (κ3) is 6.79. The highest BCUT2D eigenvalue weighted by atomic mass is 32.2. The molecule has 0 bridgehead atoms. The summed E-state index contributed by atoms with van der Waals surface area (Å²) in [5.74, 6) is -0.325. The number of aliphatic hydroxyl groups is 1. The van der Waals surface area contributed by atoms with Crippen molar-refractivity contribution in [1.82, 2.24) is 10.2 Å². The van der Waals surface area contributed by atoms with Gasteiger partial charge < -0.3 is 14.6 Å². The molecule has 1 fully saturated rings. The maximum atomic E-state index is 13.6. The minimum absolute atomic E-state index is 0.0647. The standard InChI is InChI=1S/C33H32FN3O5S2/c1-19(2)15-16-42-25-14-11-23(17-26(25)41-4)28-27(29(38)22-9-5-20(3)6-10-22)30(39)31(40)37(28)32-35-36-33(44-32)43-18-21-7-12-24(34)13-8-21/h5-14,17,19,28,38H,15-16,18H2,1-4H3/b29-27-.